The minimum atomic E-state index is -4.60. The van der Waals surface area contributed by atoms with Crippen LogP contribution in [0.1, 0.15) is 88.0 Å². The smallest absolute Gasteiger partial charge is 0.323 e. The summed E-state index contributed by atoms with van der Waals surface area (Å²) in [6, 6.07) is -2.45. The highest BCUT2D eigenvalue weighted by Crippen LogP contribution is 2.18. The van der Waals surface area contributed by atoms with Gasteiger partial charge in [0.2, 0.25) is 5.91 Å². The minimum Gasteiger partial charge on any atom is -0.459 e. The highest BCUT2D eigenvalue weighted by molar-refractivity contribution is 7.85. The number of hydrogen-bond acceptors (Lipinski definition) is 14. The molecule has 0 bridgehead atoms. The summed E-state index contributed by atoms with van der Waals surface area (Å²) in [7, 11) is -4.60. The summed E-state index contributed by atoms with van der Waals surface area (Å²) in [5.41, 5.74) is 3.22. The molecule has 0 radical (unpaired) electrons. The van der Waals surface area contributed by atoms with Crippen molar-refractivity contribution >= 4 is 39.7 Å². The minimum absolute atomic E-state index is 0.0295. The Balaban J connectivity index is 3.34. The number of nitrogens with one attached hydrogen (secondary N) is 1. The van der Waals surface area contributed by atoms with E-state index in [-0.39, 0.29) is 58.4 Å². The van der Waals surface area contributed by atoms with Crippen LogP contribution in [0, 0.1) is 0 Å². The average molecular weight is 736 g/mol. The Morgan fingerprint density at radius 2 is 1.18 bits per heavy atom. The Morgan fingerprint density at radius 1 is 0.740 bits per heavy atom. The fourth-order valence-corrected chi connectivity index (χ4v) is 5.82. The Hall–Kier alpha value is -2.70. The SMILES string of the molecule is CC(C)(C)OC(=O)CN1CCN(CC(=O)OC(C)(C)C)CCN([C@H](CCC(=O)N[C@@H](CS(=O)(=O)O)C(=O)CCCN)C(=O)OC(C)(C)C)CC1. The number of esters is 3. The lowest BCUT2D eigenvalue weighted by atomic mass is 10.1. The van der Waals surface area contributed by atoms with Gasteiger partial charge in [0, 0.05) is 52.1 Å². The zero-order valence-electron chi connectivity index (χ0n) is 31.4. The molecule has 1 heterocycles. The van der Waals surface area contributed by atoms with Crippen molar-refractivity contribution in [2.75, 3.05) is 64.7 Å². The second-order valence-electron chi connectivity index (χ2n) is 15.6. The quantitative estimate of drug-likeness (QED) is 0.113. The third kappa shape index (κ3) is 20.8. The summed E-state index contributed by atoms with van der Waals surface area (Å²) in [4.78, 5) is 70.6. The van der Waals surface area contributed by atoms with Gasteiger partial charge in [0.25, 0.3) is 10.1 Å². The van der Waals surface area contributed by atoms with Crippen molar-refractivity contribution < 1.29 is 51.2 Å². The predicted octanol–water partition coefficient (Wildman–Crippen LogP) is 0.761. The first-order chi connectivity index (χ1) is 22.8. The van der Waals surface area contributed by atoms with Crippen LogP contribution in [0.15, 0.2) is 0 Å². The molecule has 16 nitrogen and oxygen atoms in total. The van der Waals surface area contributed by atoms with Crippen LogP contribution in [0.3, 0.4) is 0 Å². The summed E-state index contributed by atoms with van der Waals surface area (Å²) in [6.07, 6.45) is -0.169. The summed E-state index contributed by atoms with van der Waals surface area (Å²) >= 11 is 0. The van der Waals surface area contributed by atoms with Gasteiger partial charge in [-0.3, -0.25) is 43.2 Å². The molecular weight excluding hydrogens is 674 g/mol. The molecule has 4 N–H and O–H groups in total. The van der Waals surface area contributed by atoms with Gasteiger partial charge in [-0.1, -0.05) is 0 Å². The molecule has 50 heavy (non-hydrogen) atoms. The van der Waals surface area contributed by atoms with Crippen LogP contribution in [-0.4, -0.2) is 151 Å². The molecule has 0 saturated carbocycles. The van der Waals surface area contributed by atoms with Crippen molar-refractivity contribution in [3.05, 3.63) is 0 Å². The van der Waals surface area contributed by atoms with Crippen molar-refractivity contribution in [3.8, 4) is 0 Å². The first kappa shape index (κ1) is 45.3. The van der Waals surface area contributed by atoms with Crippen LogP contribution in [-0.2, 0) is 48.3 Å². The number of ketones is 1. The normalized spacial score (nSPS) is 17.4. The highest BCUT2D eigenvalue weighted by atomic mass is 32.2. The molecule has 2 atom stereocenters. The number of amides is 1. The van der Waals surface area contributed by atoms with Gasteiger partial charge in [0.15, 0.2) is 5.78 Å². The van der Waals surface area contributed by atoms with E-state index < -0.39 is 74.4 Å². The summed E-state index contributed by atoms with van der Waals surface area (Å²) in [5.74, 6) is -3.75. The van der Waals surface area contributed by atoms with E-state index in [0.717, 1.165) is 0 Å². The van der Waals surface area contributed by atoms with Gasteiger partial charge < -0.3 is 25.3 Å². The monoisotopic (exact) mass is 735 g/mol. The second-order valence-corrected chi connectivity index (χ2v) is 17.1. The number of Topliss-reactive ketones (excluding diaryl/α,β-unsaturated/α-hetero) is 1. The zero-order valence-corrected chi connectivity index (χ0v) is 32.2. The molecule has 0 spiro atoms. The first-order valence-corrected chi connectivity index (χ1v) is 18.7. The lowest BCUT2D eigenvalue weighted by Gasteiger charge is -2.34. The van der Waals surface area contributed by atoms with E-state index in [1.165, 1.54) is 0 Å². The maximum atomic E-state index is 13.7. The van der Waals surface area contributed by atoms with Gasteiger partial charge in [-0.2, -0.15) is 8.42 Å². The largest absolute Gasteiger partial charge is 0.459 e. The van der Waals surface area contributed by atoms with Crippen molar-refractivity contribution in [1.29, 1.82) is 0 Å². The van der Waals surface area contributed by atoms with Crippen LogP contribution >= 0.6 is 0 Å². The Morgan fingerprint density at radius 3 is 1.58 bits per heavy atom. The molecule has 17 heteroatoms. The zero-order chi connectivity index (χ0) is 38.5. The van der Waals surface area contributed by atoms with E-state index in [0.29, 0.717) is 26.2 Å². The van der Waals surface area contributed by atoms with E-state index in [2.05, 4.69) is 5.32 Å². The van der Waals surface area contributed by atoms with Gasteiger partial charge >= 0.3 is 17.9 Å². The summed E-state index contributed by atoms with van der Waals surface area (Å²) < 4.78 is 49.4. The maximum Gasteiger partial charge on any atom is 0.323 e. The Labute approximate surface area is 297 Å². The number of carbonyl (C=O) groups excluding carboxylic acids is 5. The number of rotatable bonds is 16. The van der Waals surface area contributed by atoms with E-state index in [9.17, 15) is 36.9 Å². The summed E-state index contributed by atoms with van der Waals surface area (Å²) in [5, 5.41) is 2.40. The van der Waals surface area contributed by atoms with Crippen molar-refractivity contribution in [1.82, 2.24) is 20.0 Å². The lowest BCUT2D eigenvalue weighted by Crippen LogP contribution is -2.50. The second kappa shape index (κ2) is 19.8. The molecule has 0 aliphatic carbocycles. The number of hydrogen-bond donors (Lipinski definition) is 3. The molecule has 0 aromatic rings. The van der Waals surface area contributed by atoms with Crippen LogP contribution < -0.4 is 11.1 Å². The van der Waals surface area contributed by atoms with E-state index in [1.807, 2.05) is 14.7 Å². The molecule has 290 valence electrons. The predicted molar refractivity (Wildman–Crippen MR) is 187 cm³/mol. The number of carbonyl (C=O) groups is 5. The van der Waals surface area contributed by atoms with Crippen LogP contribution in [0.4, 0.5) is 0 Å². The first-order valence-electron chi connectivity index (χ1n) is 17.1. The molecule has 1 saturated heterocycles. The van der Waals surface area contributed by atoms with Gasteiger partial charge in [-0.15, -0.1) is 0 Å². The highest BCUT2D eigenvalue weighted by Gasteiger charge is 2.34. The molecule has 1 fully saturated rings. The Bertz CT molecular complexity index is 1210. The van der Waals surface area contributed by atoms with Crippen LogP contribution in [0.5, 0.6) is 0 Å². The molecule has 0 unspecified atom stereocenters. The Kier molecular flexibility index (Phi) is 17.9. The van der Waals surface area contributed by atoms with Crippen molar-refractivity contribution in [2.45, 2.75) is 117 Å². The molecule has 1 aliphatic rings. The fourth-order valence-electron chi connectivity index (χ4n) is 5.13. The van der Waals surface area contributed by atoms with Gasteiger partial charge in [0.05, 0.1) is 13.1 Å². The maximum absolute atomic E-state index is 13.7. The molecule has 0 aromatic carbocycles. The van der Waals surface area contributed by atoms with Gasteiger partial charge in [-0.05, 0) is 81.7 Å². The van der Waals surface area contributed by atoms with E-state index >= 15 is 0 Å². The summed E-state index contributed by atoms with van der Waals surface area (Å²) in [6.45, 7) is 18.0. The third-order valence-corrected chi connectivity index (χ3v) is 7.93. The standard InChI is InChI=1S/C33H61N5O11S/c1-31(2,3)47-28(41)21-36-15-16-37(22-29(42)48-32(4,5)6)18-20-38(19-17-36)25(30(43)49-33(7,8)9)12-13-27(40)35-24(23-50(44,45)46)26(39)11-10-14-34/h24-25H,10-23,34H2,1-9H3,(H,35,40)(H,44,45,46)/t24-,25+/m0/s1. The number of nitrogens with zero attached hydrogens (tertiary/aromatic N) is 3. The molecule has 1 aliphatic heterocycles. The third-order valence-electron chi connectivity index (χ3n) is 7.18. The van der Waals surface area contributed by atoms with E-state index in [1.54, 1.807) is 62.3 Å². The van der Waals surface area contributed by atoms with Crippen molar-refractivity contribution in [2.24, 2.45) is 5.73 Å². The molecule has 1 amide bonds. The fraction of sp³-hybridized carbons (Fsp3) is 0.848. The average Bonchev–Trinajstić information content (AvgIpc) is 2.99. The molecular formula is C33H61N5O11S. The van der Waals surface area contributed by atoms with E-state index in [4.69, 9.17) is 19.9 Å². The molecule has 1 rings (SSSR count). The topological polar surface area (TPSA) is 215 Å². The number of nitrogens with two attached hydrogens (primary N) is 1. The van der Waals surface area contributed by atoms with Gasteiger partial charge in [-0.25, -0.2) is 0 Å². The number of ether oxygens (including phenoxy) is 3. The van der Waals surface area contributed by atoms with Crippen LogP contribution in [0.2, 0.25) is 0 Å². The lowest BCUT2D eigenvalue weighted by molar-refractivity contribution is -0.163. The molecule has 0 aromatic heterocycles. The van der Waals surface area contributed by atoms with Crippen LogP contribution in [0.25, 0.3) is 0 Å². The van der Waals surface area contributed by atoms with Gasteiger partial charge in [0.1, 0.15) is 34.6 Å². The van der Waals surface area contributed by atoms with Crippen molar-refractivity contribution in [3.63, 3.8) is 0 Å².